The van der Waals surface area contributed by atoms with Gasteiger partial charge < -0.3 is 9.47 Å². The third-order valence-corrected chi connectivity index (χ3v) is 4.67. The molecule has 0 N–H and O–H groups in total. The summed E-state index contributed by atoms with van der Waals surface area (Å²) in [5.74, 6) is 10.6. The van der Waals surface area contributed by atoms with Crippen LogP contribution in [-0.4, -0.2) is 32.9 Å². The molecule has 0 aliphatic carbocycles. The van der Waals surface area contributed by atoms with Crippen LogP contribution in [0.15, 0.2) is 60.7 Å². The lowest BCUT2D eigenvalue weighted by Crippen LogP contribution is -2.00. The molecule has 0 bridgehead atoms. The number of hydrogen-bond acceptors (Lipinski definition) is 10. The standard InChI is InChI=1S/C24H14N4O10/c29-25(30)19-9-11-23(21(15-19)27(33)34)37-13-3-7-17-5-1-2-6-18(17)8-4-14-38-24-12-10-20(26(31)32)16-22(24)28(35)36/h1-2,5-6,9-12,15-16H,13-14H2. The van der Waals surface area contributed by atoms with Crippen LogP contribution in [0, 0.1) is 64.1 Å². The van der Waals surface area contributed by atoms with Crippen LogP contribution >= 0.6 is 0 Å². The molecular formula is C24H14N4O10. The van der Waals surface area contributed by atoms with Gasteiger partial charge in [0.2, 0.25) is 0 Å². The average molecular weight is 518 g/mol. The predicted octanol–water partition coefficient (Wildman–Crippen LogP) is 4.18. The van der Waals surface area contributed by atoms with Crippen LogP contribution in [0.5, 0.6) is 11.5 Å². The molecule has 0 saturated carbocycles. The molecular weight excluding hydrogens is 504 g/mol. The van der Waals surface area contributed by atoms with E-state index in [0.717, 1.165) is 36.4 Å². The van der Waals surface area contributed by atoms with E-state index in [4.69, 9.17) is 9.47 Å². The van der Waals surface area contributed by atoms with E-state index in [1.807, 2.05) is 0 Å². The first-order valence-corrected chi connectivity index (χ1v) is 10.4. The van der Waals surface area contributed by atoms with Gasteiger partial charge in [-0.05, 0) is 24.3 Å². The number of nitro benzene ring substituents is 4. The van der Waals surface area contributed by atoms with E-state index in [1.165, 1.54) is 0 Å². The number of hydrogen-bond donors (Lipinski definition) is 0. The number of benzene rings is 3. The average Bonchev–Trinajstić information content (AvgIpc) is 2.89. The first-order chi connectivity index (χ1) is 18.2. The van der Waals surface area contributed by atoms with Crippen molar-refractivity contribution in [2.45, 2.75) is 0 Å². The number of non-ortho nitro benzene ring substituents is 2. The molecule has 0 atom stereocenters. The van der Waals surface area contributed by atoms with Gasteiger partial charge in [0.25, 0.3) is 11.4 Å². The highest BCUT2D eigenvalue weighted by Gasteiger charge is 2.21. The zero-order valence-corrected chi connectivity index (χ0v) is 19.1. The Bertz CT molecular complexity index is 1450. The summed E-state index contributed by atoms with van der Waals surface area (Å²) in [6.07, 6.45) is 0. The molecule has 0 aliphatic heterocycles. The first-order valence-electron chi connectivity index (χ1n) is 10.4. The smallest absolute Gasteiger partial charge is 0.317 e. The van der Waals surface area contributed by atoms with Crippen LogP contribution in [0.2, 0.25) is 0 Å². The quantitative estimate of drug-likeness (QED) is 0.237. The normalized spacial score (nSPS) is 9.68. The molecule has 0 spiro atoms. The summed E-state index contributed by atoms with van der Waals surface area (Å²) in [6, 6.07) is 12.7. The molecule has 0 aromatic heterocycles. The fourth-order valence-corrected chi connectivity index (χ4v) is 2.96. The van der Waals surface area contributed by atoms with Gasteiger partial charge in [0, 0.05) is 23.3 Å². The number of rotatable bonds is 8. The van der Waals surface area contributed by atoms with Gasteiger partial charge in [0.15, 0.2) is 11.5 Å². The van der Waals surface area contributed by atoms with Crippen LogP contribution in [0.4, 0.5) is 22.7 Å². The van der Waals surface area contributed by atoms with Crippen LogP contribution in [0.1, 0.15) is 11.1 Å². The van der Waals surface area contributed by atoms with E-state index in [2.05, 4.69) is 23.7 Å². The van der Waals surface area contributed by atoms with Gasteiger partial charge in [0.1, 0.15) is 13.2 Å². The van der Waals surface area contributed by atoms with Crippen molar-refractivity contribution < 1.29 is 29.2 Å². The van der Waals surface area contributed by atoms with Gasteiger partial charge >= 0.3 is 11.4 Å². The Balaban J connectivity index is 1.69. The fraction of sp³-hybridized carbons (Fsp3) is 0.0833. The zero-order valence-electron chi connectivity index (χ0n) is 19.1. The number of nitro groups is 4. The maximum atomic E-state index is 11.2. The van der Waals surface area contributed by atoms with Crippen molar-refractivity contribution in [3.05, 3.63) is 112 Å². The highest BCUT2D eigenvalue weighted by atomic mass is 16.6. The molecule has 14 heteroatoms. The van der Waals surface area contributed by atoms with Gasteiger partial charge in [-0.1, -0.05) is 35.8 Å². The Labute approximate surface area is 213 Å². The zero-order chi connectivity index (χ0) is 27.7. The van der Waals surface area contributed by atoms with E-state index in [-0.39, 0.29) is 24.7 Å². The number of ether oxygens (including phenoxy) is 2. The van der Waals surface area contributed by atoms with Crippen LogP contribution in [0.25, 0.3) is 0 Å². The maximum absolute atomic E-state index is 11.2. The van der Waals surface area contributed by atoms with E-state index < -0.39 is 42.4 Å². The van der Waals surface area contributed by atoms with Gasteiger partial charge in [-0.25, -0.2) is 0 Å². The van der Waals surface area contributed by atoms with Crippen LogP contribution < -0.4 is 9.47 Å². The van der Waals surface area contributed by atoms with E-state index >= 15 is 0 Å². The Hall–Kier alpha value is -6.02. The molecule has 0 fully saturated rings. The van der Waals surface area contributed by atoms with Gasteiger partial charge in [-0.2, -0.15) is 0 Å². The summed E-state index contributed by atoms with van der Waals surface area (Å²) in [4.78, 5) is 40.9. The monoisotopic (exact) mass is 518 g/mol. The van der Waals surface area contributed by atoms with Crippen molar-refractivity contribution in [3.8, 4) is 35.2 Å². The minimum Gasteiger partial charge on any atom is -0.474 e. The molecule has 14 nitrogen and oxygen atoms in total. The van der Waals surface area contributed by atoms with Crippen molar-refractivity contribution in [1.29, 1.82) is 0 Å². The predicted molar refractivity (Wildman–Crippen MR) is 131 cm³/mol. The maximum Gasteiger partial charge on any atom is 0.317 e. The minimum absolute atomic E-state index is 0.180. The summed E-state index contributed by atoms with van der Waals surface area (Å²) in [5, 5.41) is 44.0. The molecule has 3 aromatic carbocycles. The number of nitrogens with zero attached hydrogens (tertiary/aromatic N) is 4. The highest BCUT2D eigenvalue weighted by molar-refractivity contribution is 5.55. The summed E-state index contributed by atoms with van der Waals surface area (Å²) in [6.45, 7) is -0.513. The van der Waals surface area contributed by atoms with Crippen LogP contribution in [-0.2, 0) is 0 Å². The molecule has 0 saturated heterocycles. The van der Waals surface area contributed by atoms with Gasteiger partial charge in [-0.3, -0.25) is 40.5 Å². The molecule has 0 unspecified atom stereocenters. The molecule has 3 aromatic rings. The SMILES string of the molecule is O=[N+]([O-])c1ccc(OCC#Cc2ccccc2C#CCOc2ccc([N+](=O)[O-])cc2[N+](=O)[O-])c([N+](=O)[O-])c1. The summed E-state index contributed by atoms with van der Waals surface area (Å²) in [5.41, 5.74) is -1.06. The third kappa shape index (κ3) is 6.77. The van der Waals surface area contributed by atoms with Gasteiger partial charge in [-0.15, -0.1) is 0 Å². The Morgan fingerprint density at radius 1 is 0.579 bits per heavy atom. The van der Waals surface area contributed by atoms with Crippen molar-refractivity contribution in [2.24, 2.45) is 0 Å². The second kappa shape index (κ2) is 12.1. The molecule has 3 rings (SSSR count). The van der Waals surface area contributed by atoms with Crippen molar-refractivity contribution >= 4 is 22.7 Å². The molecule has 0 amide bonds. The minimum atomic E-state index is -0.798. The lowest BCUT2D eigenvalue weighted by molar-refractivity contribution is -0.395. The van der Waals surface area contributed by atoms with E-state index in [1.54, 1.807) is 24.3 Å². The lowest BCUT2D eigenvalue weighted by Gasteiger charge is -2.03. The molecule has 0 aliphatic rings. The Kier molecular flexibility index (Phi) is 8.46. The molecule has 0 heterocycles. The fourth-order valence-electron chi connectivity index (χ4n) is 2.96. The Morgan fingerprint density at radius 2 is 0.974 bits per heavy atom. The summed E-state index contributed by atoms with van der Waals surface area (Å²) >= 11 is 0. The Morgan fingerprint density at radius 3 is 1.32 bits per heavy atom. The molecule has 0 radical (unpaired) electrons. The van der Waals surface area contributed by atoms with Crippen molar-refractivity contribution in [2.75, 3.05) is 13.2 Å². The summed E-state index contributed by atoms with van der Waals surface area (Å²) in [7, 11) is 0. The second-order valence-corrected chi connectivity index (χ2v) is 7.06. The van der Waals surface area contributed by atoms with E-state index in [9.17, 15) is 40.5 Å². The molecule has 38 heavy (non-hydrogen) atoms. The second-order valence-electron chi connectivity index (χ2n) is 7.06. The topological polar surface area (TPSA) is 191 Å². The first kappa shape index (κ1) is 26.6. The molecule has 190 valence electrons. The largest absolute Gasteiger partial charge is 0.474 e. The van der Waals surface area contributed by atoms with Crippen molar-refractivity contribution in [1.82, 2.24) is 0 Å². The third-order valence-electron chi connectivity index (χ3n) is 4.67. The summed E-state index contributed by atoms with van der Waals surface area (Å²) < 4.78 is 10.6. The van der Waals surface area contributed by atoms with Gasteiger partial charge in [0.05, 0.1) is 31.8 Å². The van der Waals surface area contributed by atoms with Crippen molar-refractivity contribution in [3.63, 3.8) is 0 Å². The highest BCUT2D eigenvalue weighted by Crippen LogP contribution is 2.31. The van der Waals surface area contributed by atoms with E-state index in [0.29, 0.717) is 11.1 Å². The van der Waals surface area contributed by atoms with Crippen LogP contribution in [0.3, 0.4) is 0 Å². The lowest BCUT2D eigenvalue weighted by atomic mass is 10.1.